The van der Waals surface area contributed by atoms with Crippen LogP contribution in [0.25, 0.3) is 0 Å². The highest BCUT2D eigenvalue weighted by atomic mass is 31.1. The predicted octanol–water partition coefficient (Wildman–Crippen LogP) is 4.05. The molecule has 5 rings (SSSR count). The Kier molecular flexibility index (Phi) is 3.31. The minimum atomic E-state index is -1.84. The molecule has 1 atom stereocenters. The number of para-hydroxylation sites is 1. The lowest BCUT2D eigenvalue weighted by molar-refractivity contribution is -0.103. The summed E-state index contributed by atoms with van der Waals surface area (Å²) in [5.41, 5.74) is -0.122. The Morgan fingerprint density at radius 3 is 2.19 bits per heavy atom. The van der Waals surface area contributed by atoms with Crippen molar-refractivity contribution in [3.8, 4) is 5.75 Å². The molecule has 1 aromatic rings. The normalized spacial score (nSPS) is 37.6. The lowest BCUT2D eigenvalue weighted by Crippen LogP contribution is -2.51. The van der Waals surface area contributed by atoms with Crippen LogP contribution >= 0.6 is 8.03 Å². The first-order chi connectivity index (χ1) is 10.2. The summed E-state index contributed by atoms with van der Waals surface area (Å²) in [6.45, 7) is 0. The van der Waals surface area contributed by atoms with Gasteiger partial charge in [-0.25, -0.2) is 0 Å². The third-order valence-electron chi connectivity index (χ3n) is 5.54. The van der Waals surface area contributed by atoms with Gasteiger partial charge in [0.1, 0.15) is 5.60 Å². The van der Waals surface area contributed by atoms with Crippen molar-refractivity contribution < 1.29 is 13.8 Å². The number of ether oxygens (including phenoxy) is 1. The Morgan fingerprint density at radius 2 is 1.62 bits per heavy atom. The van der Waals surface area contributed by atoms with Crippen molar-refractivity contribution in [2.75, 3.05) is 7.11 Å². The summed E-state index contributed by atoms with van der Waals surface area (Å²) in [4.78, 5) is 0. The van der Waals surface area contributed by atoms with Gasteiger partial charge in [-0.05, 0) is 73.0 Å². The first kappa shape index (κ1) is 13.7. The molecule has 0 N–H and O–H groups in total. The van der Waals surface area contributed by atoms with E-state index in [9.17, 15) is 4.57 Å². The smallest absolute Gasteiger partial charge is 0.492 e. The maximum atomic E-state index is 12.8. The largest absolute Gasteiger partial charge is 0.553 e. The summed E-state index contributed by atoms with van der Waals surface area (Å²) in [7, 11) is -0.220. The topological polar surface area (TPSA) is 35.5 Å². The maximum Gasteiger partial charge on any atom is 0.553 e. The number of hydrogen-bond acceptors (Lipinski definition) is 3. The van der Waals surface area contributed by atoms with E-state index in [4.69, 9.17) is 9.26 Å². The van der Waals surface area contributed by atoms with E-state index in [0.717, 1.165) is 37.0 Å². The lowest BCUT2D eigenvalue weighted by atomic mass is 9.54. The van der Waals surface area contributed by atoms with Gasteiger partial charge in [-0.2, -0.15) is 0 Å². The van der Waals surface area contributed by atoms with Crippen molar-refractivity contribution in [2.24, 2.45) is 17.8 Å². The Hall–Kier alpha value is -0.920. The zero-order chi connectivity index (χ0) is 14.4. The van der Waals surface area contributed by atoms with Gasteiger partial charge in [0, 0.05) is 0 Å². The van der Waals surface area contributed by atoms with Gasteiger partial charge in [0.2, 0.25) is 0 Å². The van der Waals surface area contributed by atoms with Crippen LogP contribution in [0.2, 0.25) is 0 Å². The van der Waals surface area contributed by atoms with Crippen molar-refractivity contribution in [1.29, 1.82) is 0 Å². The van der Waals surface area contributed by atoms with Crippen molar-refractivity contribution in [2.45, 2.75) is 44.1 Å². The fourth-order valence-corrected chi connectivity index (χ4v) is 6.38. The third kappa shape index (κ3) is 2.41. The molecule has 1 unspecified atom stereocenters. The molecular weight excluding hydrogens is 283 g/mol. The second-order valence-electron chi connectivity index (χ2n) is 7.12. The number of benzene rings is 1. The fraction of sp³-hybridized carbons (Fsp3) is 0.647. The third-order valence-corrected chi connectivity index (χ3v) is 6.86. The van der Waals surface area contributed by atoms with E-state index in [1.807, 2.05) is 24.3 Å². The quantitative estimate of drug-likeness (QED) is 0.787. The fourth-order valence-electron chi connectivity index (χ4n) is 5.15. The minimum absolute atomic E-state index is 0.122. The summed E-state index contributed by atoms with van der Waals surface area (Å²) in [5, 5.41) is 0.700. The van der Waals surface area contributed by atoms with Gasteiger partial charge >= 0.3 is 8.03 Å². The molecule has 112 valence electrons. The molecule has 4 aliphatic carbocycles. The minimum Gasteiger partial charge on any atom is -0.492 e. The summed E-state index contributed by atoms with van der Waals surface area (Å²) >= 11 is 0. The van der Waals surface area contributed by atoms with Crippen molar-refractivity contribution in [3.05, 3.63) is 24.3 Å². The van der Waals surface area contributed by atoms with E-state index >= 15 is 0 Å². The van der Waals surface area contributed by atoms with E-state index in [-0.39, 0.29) is 5.60 Å². The van der Waals surface area contributed by atoms with Gasteiger partial charge in [-0.15, -0.1) is 4.52 Å². The molecule has 4 aliphatic rings. The molecule has 1 aromatic carbocycles. The molecule has 21 heavy (non-hydrogen) atoms. The average Bonchev–Trinajstić information content (AvgIpc) is 2.45. The van der Waals surface area contributed by atoms with Crippen LogP contribution < -0.4 is 10.0 Å². The van der Waals surface area contributed by atoms with Crippen molar-refractivity contribution in [3.63, 3.8) is 0 Å². The van der Waals surface area contributed by atoms with Crippen LogP contribution in [0.15, 0.2) is 24.3 Å². The molecule has 4 heteroatoms. The second kappa shape index (κ2) is 5.07. The van der Waals surface area contributed by atoms with Gasteiger partial charge in [-0.3, -0.25) is 0 Å². The van der Waals surface area contributed by atoms with E-state index in [0.29, 0.717) is 11.1 Å². The van der Waals surface area contributed by atoms with Crippen molar-refractivity contribution >= 4 is 13.3 Å². The Morgan fingerprint density at radius 1 is 1.05 bits per heavy atom. The molecule has 4 bridgehead atoms. The molecule has 0 aliphatic heterocycles. The highest BCUT2D eigenvalue weighted by Gasteiger charge is 2.56. The molecule has 0 heterocycles. The zero-order valence-corrected chi connectivity index (χ0v) is 13.4. The molecule has 4 saturated carbocycles. The van der Waals surface area contributed by atoms with Crippen LogP contribution in [0.5, 0.6) is 5.75 Å². The summed E-state index contributed by atoms with van der Waals surface area (Å²) in [5.74, 6) is 3.08. The number of rotatable bonds is 4. The van der Waals surface area contributed by atoms with Crippen LogP contribution in [-0.2, 0) is 9.09 Å². The molecule has 0 saturated heterocycles. The first-order valence-electron chi connectivity index (χ1n) is 7.97. The Bertz CT molecular complexity index is 534. The molecule has 0 radical (unpaired) electrons. The van der Waals surface area contributed by atoms with E-state index in [1.54, 1.807) is 7.11 Å². The van der Waals surface area contributed by atoms with E-state index in [2.05, 4.69) is 0 Å². The van der Waals surface area contributed by atoms with E-state index in [1.165, 1.54) is 19.3 Å². The molecule has 0 aromatic heterocycles. The summed E-state index contributed by atoms with van der Waals surface area (Å²) < 4.78 is 24.3. The Labute approximate surface area is 126 Å². The van der Waals surface area contributed by atoms with Gasteiger partial charge in [0.25, 0.3) is 5.30 Å². The van der Waals surface area contributed by atoms with Crippen LogP contribution in [0.1, 0.15) is 38.5 Å². The first-order valence-corrected chi connectivity index (χ1v) is 9.15. The van der Waals surface area contributed by atoms with Crippen LogP contribution in [-0.4, -0.2) is 12.7 Å². The molecular formula is C17H22O3P+. The van der Waals surface area contributed by atoms with Gasteiger partial charge in [-0.1, -0.05) is 12.1 Å². The number of methoxy groups -OCH3 is 1. The van der Waals surface area contributed by atoms with Gasteiger partial charge in [0.05, 0.1) is 7.11 Å². The second-order valence-corrected chi connectivity index (χ2v) is 8.30. The summed E-state index contributed by atoms with van der Waals surface area (Å²) in [6.07, 6.45) is 7.43. The SMILES string of the molecule is COc1ccccc1[P+](=O)OC12CC3CC(CC(C3)C1)C2. The lowest BCUT2D eigenvalue weighted by Gasteiger charge is -2.53. The Balaban J connectivity index is 1.57. The predicted molar refractivity (Wildman–Crippen MR) is 82.2 cm³/mol. The van der Waals surface area contributed by atoms with Crippen LogP contribution in [0.4, 0.5) is 0 Å². The van der Waals surface area contributed by atoms with Crippen molar-refractivity contribution in [1.82, 2.24) is 0 Å². The standard InChI is InChI=1S/C17H22O3P/c1-19-15-4-2-3-5-16(15)21(18)20-17-9-12-6-13(10-17)8-14(7-12)11-17/h2-5,12-14H,6-11H2,1H3/q+1. The molecule has 3 nitrogen and oxygen atoms in total. The summed E-state index contributed by atoms with van der Waals surface area (Å²) in [6, 6.07) is 7.51. The van der Waals surface area contributed by atoms with Gasteiger partial charge in [0.15, 0.2) is 5.75 Å². The molecule has 0 amide bonds. The monoisotopic (exact) mass is 305 g/mol. The average molecular weight is 305 g/mol. The van der Waals surface area contributed by atoms with Crippen LogP contribution in [0.3, 0.4) is 0 Å². The molecule has 0 spiro atoms. The van der Waals surface area contributed by atoms with E-state index < -0.39 is 8.03 Å². The number of hydrogen-bond donors (Lipinski definition) is 0. The molecule has 4 fully saturated rings. The highest BCUT2D eigenvalue weighted by molar-refractivity contribution is 7.48. The van der Waals surface area contributed by atoms with Gasteiger partial charge < -0.3 is 4.74 Å². The maximum absolute atomic E-state index is 12.8. The highest BCUT2D eigenvalue weighted by Crippen LogP contribution is 2.59. The van der Waals surface area contributed by atoms with Crippen LogP contribution in [0, 0.1) is 17.8 Å². The zero-order valence-electron chi connectivity index (χ0n) is 12.5.